The third-order valence-electron chi connectivity index (χ3n) is 5.26. The Kier molecular flexibility index (Phi) is 4.45. The lowest BCUT2D eigenvalue weighted by atomic mass is 9.94. The molecule has 1 aromatic rings. The van der Waals surface area contributed by atoms with Crippen LogP contribution in [0.25, 0.3) is 0 Å². The molecule has 3 unspecified atom stereocenters. The molecule has 0 aromatic carbocycles. The highest BCUT2D eigenvalue weighted by Gasteiger charge is 2.43. The van der Waals surface area contributed by atoms with Gasteiger partial charge in [-0.25, -0.2) is 0 Å². The summed E-state index contributed by atoms with van der Waals surface area (Å²) in [6.07, 6.45) is 5.14. The van der Waals surface area contributed by atoms with Gasteiger partial charge >= 0.3 is 5.97 Å². The van der Waals surface area contributed by atoms with Crippen LogP contribution < -0.4 is 0 Å². The molecular weight excluding hydrogens is 278 g/mol. The predicted octanol–water partition coefficient (Wildman–Crippen LogP) is 2.07. The molecule has 2 fully saturated rings. The maximum absolute atomic E-state index is 12.0. The van der Waals surface area contributed by atoms with E-state index in [0.717, 1.165) is 30.8 Å². The summed E-state index contributed by atoms with van der Waals surface area (Å²) in [7, 11) is 0. The molecule has 2 aliphatic rings. The smallest absolute Gasteiger partial charge is 0.325 e. The minimum Gasteiger partial charge on any atom is -0.480 e. The lowest BCUT2D eigenvalue weighted by Gasteiger charge is -2.47. The highest BCUT2D eigenvalue weighted by atomic mass is 16.4. The van der Waals surface area contributed by atoms with Crippen molar-refractivity contribution >= 4 is 5.97 Å². The van der Waals surface area contributed by atoms with Crippen LogP contribution in [0, 0.1) is 6.92 Å². The van der Waals surface area contributed by atoms with Crippen molar-refractivity contribution in [2.75, 3.05) is 19.6 Å². The summed E-state index contributed by atoms with van der Waals surface area (Å²) in [6, 6.07) is 4.00. The zero-order valence-electron chi connectivity index (χ0n) is 13.4. The van der Waals surface area contributed by atoms with Gasteiger partial charge in [0.25, 0.3) is 0 Å². The summed E-state index contributed by atoms with van der Waals surface area (Å²) in [5.74, 6) is -0.763. The SMILES string of the molecule is CCC1C2CCCN2CCN1C(C(=O)O)c1cccnc1C. The molecule has 3 atom stereocenters. The van der Waals surface area contributed by atoms with E-state index < -0.39 is 12.0 Å². The summed E-state index contributed by atoms with van der Waals surface area (Å²) in [5, 5.41) is 9.87. The number of aliphatic carboxylic acids is 1. The van der Waals surface area contributed by atoms with Gasteiger partial charge in [-0.2, -0.15) is 0 Å². The number of pyridine rings is 1. The van der Waals surface area contributed by atoms with Crippen LogP contribution >= 0.6 is 0 Å². The van der Waals surface area contributed by atoms with E-state index in [2.05, 4.69) is 21.7 Å². The standard InChI is InChI=1S/C17H25N3O2/c1-3-14-15-7-5-9-19(15)10-11-20(14)16(17(21)22)13-6-4-8-18-12(13)2/h4,6,8,14-16H,3,5,7,9-11H2,1-2H3,(H,21,22). The lowest BCUT2D eigenvalue weighted by molar-refractivity contribution is -0.147. The molecule has 2 saturated heterocycles. The zero-order valence-corrected chi connectivity index (χ0v) is 13.4. The molecule has 120 valence electrons. The predicted molar refractivity (Wildman–Crippen MR) is 84.7 cm³/mol. The molecule has 1 N–H and O–H groups in total. The number of fused-ring (bicyclic) bond motifs is 1. The van der Waals surface area contributed by atoms with Gasteiger partial charge in [0.15, 0.2) is 0 Å². The van der Waals surface area contributed by atoms with Gasteiger partial charge in [0.2, 0.25) is 0 Å². The average Bonchev–Trinajstić information content (AvgIpc) is 2.97. The maximum atomic E-state index is 12.0. The second-order valence-corrected chi connectivity index (χ2v) is 6.38. The molecule has 3 rings (SSSR count). The Balaban J connectivity index is 1.94. The van der Waals surface area contributed by atoms with Crippen LogP contribution in [0.2, 0.25) is 0 Å². The largest absolute Gasteiger partial charge is 0.480 e. The zero-order chi connectivity index (χ0) is 15.7. The number of hydrogen-bond donors (Lipinski definition) is 1. The molecule has 0 saturated carbocycles. The number of hydrogen-bond acceptors (Lipinski definition) is 4. The van der Waals surface area contributed by atoms with Crippen molar-refractivity contribution in [3.63, 3.8) is 0 Å². The maximum Gasteiger partial charge on any atom is 0.325 e. The van der Waals surface area contributed by atoms with Crippen LogP contribution in [0.5, 0.6) is 0 Å². The van der Waals surface area contributed by atoms with Crippen LogP contribution in [0.4, 0.5) is 0 Å². The average molecular weight is 303 g/mol. The van der Waals surface area contributed by atoms with Crippen LogP contribution in [-0.4, -0.2) is 57.6 Å². The number of carbonyl (C=O) groups is 1. The Labute approximate surface area is 131 Å². The fourth-order valence-corrected chi connectivity index (χ4v) is 4.26. The van der Waals surface area contributed by atoms with Crippen LogP contribution in [0.3, 0.4) is 0 Å². The van der Waals surface area contributed by atoms with E-state index in [1.165, 1.54) is 19.4 Å². The summed E-state index contributed by atoms with van der Waals surface area (Å²) in [6.45, 7) is 7.04. The van der Waals surface area contributed by atoms with E-state index in [-0.39, 0.29) is 0 Å². The number of rotatable bonds is 4. The monoisotopic (exact) mass is 303 g/mol. The molecule has 1 aromatic heterocycles. The second-order valence-electron chi connectivity index (χ2n) is 6.38. The Hall–Kier alpha value is -1.46. The molecule has 0 spiro atoms. The molecule has 5 nitrogen and oxygen atoms in total. The van der Waals surface area contributed by atoms with E-state index in [9.17, 15) is 9.90 Å². The van der Waals surface area contributed by atoms with Gasteiger partial charge in [0.1, 0.15) is 6.04 Å². The quantitative estimate of drug-likeness (QED) is 0.923. The molecular formula is C17H25N3O2. The highest BCUT2D eigenvalue weighted by molar-refractivity contribution is 5.76. The Morgan fingerprint density at radius 1 is 1.45 bits per heavy atom. The third-order valence-corrected chi connectivity index (χ3v) is 5.26. The molecule has 2 aliphatic heterocycles. The minimum atomic E-state index is -0.763. The normalized spacial score (nSPS) is 27.5. The number of carboxylic acid groups (broad SMARTS) is 1. The van der Waals surface area contributed by atoms with Crippen LogP contribution in [0.15, 0.2) is 18.3 Å². The first kappa shape index (κ1) is 15.4. The topological polar surface area (TPSA) is 56.7 Å². The van der Waals surface area contributed by atoms with Gasteiger partial charge in [0, 0.05) is 42.6 Å². The lowest BCUT2D eigenvalue weighted by Crippen LogP contribution is -2.58. The van der Waals surface area contributed by atoms with Crippen LogP contribution in [-0.2, 0) is 4.79 Å². The van der Waals surface area contributed by atoms with Crippen molar-refractivity contribution in [2.45, 2.75) is 51.2 Å². The molecule has 0 aliphatic carbocycles. The summed E-state index contributed by atoms with van der Waals surface area (Å²) in [4.78, 5) is 21.1. The first-order valence-corrected chi connectivity index (χ1v) is 8.27. The second kappa shape index (κ2) is 6.34. The fourth-order valence-electron chi connectivity index (χ4n) is 4.26. The molecule has 0 amide bonds. The number of carboxylic acids is 1. The third kappa shape index (κ3) is 2.63. The molecule has 0 radical (unpaired) electrons. The first-order valence-electron chi connectivity index (χ1n) is 8.27. The van der Waals surface area contributed by atoms with Crippen molar-refractivity contribution in [1.82, 2.24) is 14.8 Å². The number of aryl methyl sites for hydroxylation is 1. The molecule has 5 heteroatoms. The Morgan fingerprint density at radius 3 is 2.95 bits per heavy atom. The van der Waals surface area contributed by atoms with Gasteiger partial charge in [0.05, 0.1) is 0 Å². The Bertz CT molecular complexity index is 548. The summed E-state index contributed by atoms with van der Waals surface area (Å²) in [5.41, 5.74) is 1.65. The van der Waals surface area contributed by atoms with Crippen molar-refractivity contribution in [3.8, 4) is 0 Å². The van der Waals surface area contributed by atoms with Crippen molar-refractivity contribution in [2.24, 2.45) is 0 Å². The van der Waals surface area contributed by atoms with Gasteiger partial charge in [-0.3, -0.25) is 19.6 Å². The molecule has 0 bridgehead atoms. The molecule has 22 heavy (non-hydrogen) atoms. The van der Waals surface area contributed by atoms with E-state index >= 15 is 0 Å². The van der Waals surface area contributed by atoms with Crippen molar-refractivity contribution < 1.29 is 9.90 Å². The Morgan fingerprint density at radius 2 is 2.27 bits per heavy atom. The van der Waals surface area contributed by atoms with E-state index in [0.29, 0.717) is 12.1 Å². The van der Waals surface area contributed by atoms with E-state index in [1.807, 2.05) is 19.1 Å². The summed E-state index contributed by atoms with van der Waals surface area (Å²) >= 11 is 0. The van der Waals surface area contributed by atoms with E-state index in [4.69, 9.17) is 0 Å². The minimum absolute atomic E-state index is 0.317. The fraction of sp³-hybridized carbons (Fsp3) is 0.647. The highest BCUT2D eigenvalue weighted by Crippen LogP contribution is 2.35. The van der Waals surface area contributed by atoms with E-state index in [1.54, 1.807) is 6.20 Å². The first-order chi connectivity index (χ1) is 10.6. The number of aromatic nitrogens is 1. The summed E-state index contributed by atoms with van der Waals surface area (Å²) < 4.78 is 0. The van der Waals surface area contributed by atoms with Gasteiger partial charge in [-0.15, -0.1) is 0 Å². The number of nitrogens with zero attached hydrogens (tertiary/aromatic N) is 3. The van der Waals surface area contributed by atoms with Gasteiger partial charge in [-0.05, 0) is 38.8 Å². The van der Waals surface area contributed by atoms with Gasteiger partial charge in [-0.1, -0.05) is 13.0 Å². The van der Waals surface area contributed by atoms with Crippen molar-refractivity contribution in [3.05, 3.63) is 29.6 Å². The van der Waals surface area contributed by atoms with Crippen molar-refractivity contribution in [1.29, 1.82) is 0 Å². The van der Waals surface area contributed by atoms with Gasteiger partial charge < -0.3 is 5.11 Å². The molecule has 3 heterocycles. The number of piperazine rings is 1. The van der Waals surface area contributed by atoms with Crippen LogP contribution in [0.1, 0.15) is 43.5 Å².